The third kappa shape index (κ3) is 8.93. The first-order valence-corrected chi connectivity index (χ1v) is 1.22. The fourth-order valence-corrected chi connectivity index (χ4v) is 0.0481. The molecule has 0 unspecified atom stereocenters. The van der Waals surface area contributed by atoms with Crippen LogP contribution in [0.4, 0.5) is 0 Å². The minimum absolute atomic E-state index is 0. The van der Waals surface area contributed by atoms with Crippen molar-refractivity contribution in [2.45, 2.75) is 0 Å². The van der Waals surface area contributed by atoms with Crippen LogP contribution in [0.1, 0.15) is 0 Å². The SMILES string of the molecule is C=CNC=O.[PoH2]. The molecule has 0 aliphatic rings. The molecule has 2 nitrogen and oxygen atoms in total. The zero-order valence-corrected chi connectivity index (χ0v) is 7.16. The van der Waals surface area contributed by atoms with Crippen molar-refractivity contribution >= 4 is 33.0 Å². The molecule has 0 aliphatic heterocycles. The molecule has 1 amide bonds. The van der Waals surface area contributed by atoms with E-state index in [-0.39, 0.29) is 26.6 Å². The Kier molecular flexibility index (Phi) is 14.0. The summed E-state index contributed by atoms with van der Waals surface area (Å²) in [6, 6.07) is 0. The number of rotatable bonds is 2. The van der Waals surface area contributed by atoms with Gasteiger partial charge in [-0.2, -0.15) is 0 Å². The summed E-state index contributed by atoms with van der Waals surface area (Å²) in [4.78, 5) is 9.22. The van der Waals surface area contributed by atoms with Crippen LogP contribution in [0.15, 0.2) is 12.8 Å². The molecule has 36 valence electrons. The Hall–Kier alpha value is 0.106. The van der Waals surface area contributed by atoms with Crippen LogP contribution in [0, 0.1) is 0 Å². The maximum absolute atomic E-state index is 9.22. The number of amides is 1. The number of hydrogen-bond donors (Lipinski definition) is 1. The van der Waals surface area contributed by atoms with Crippen molar-refractivity contribution in [2.24, 2.45) is 0 Å². The van der Waals surface area contributed by atoms with Crippen LogP contribution in [0.25, 0.3) is 0 Å². The monoisotopic (exact) mass is 282 g/mol. The molecule has 0 bridgehead atoms. The third-order valence-corrected chi connectivity index (χ3v) is 0.186. The van der Waals surface area contributed by atoms with E-state index in [1.54, 1.807) is 0 Å². The van der Waals surface area contributed by atoms with Crippen LogP contribution in [0.2, 0.25) is 0 Å². The molecule has 0 fully saturated rings. The van der Waals surface area contributed by atoms with Gasteiger partial charge in [0.15, 0.2) is 0 Å². The molecule has 0 aromatic carbocycles. The summed E-state index contributed by atoms with van der Waals surface area (Å²) in [5.41, 5.74) is 0. The van der Waals surface area contributed by atoms with Crippen molar-refractivity contribution in [1.29, 1.82) is 0 Å². The Bertz CT molecular complexity index is 40.1. The quantitative estimate of drug-likeness (QED) is 0.644. The number of nitrogens with one attached hydrogen (secondary N) is 1. The third-order valence-electron chi connectivity index (χ3n) is 0.186. The van der Waals surface area contributed by atoms with Gasteiger partial charge in [-0.3, -0.25) is 4.79 Å². The van der Waals surface area contributed by atoms with Crippen LogP contribution in [-0.4, -0.2) is 33.0 Å². The molecule has 0 heterocycles. The Morgan fingerprint density at radius 1 is 1.67 bits per heavy atom. The molecule has 0 atom stereocenters. The van der Waals surface area contributed by atoms with Crippen LogP contribution >= 0.6 is 0 Å². The molecule has 0 saturated carbocycles. The Labute approximate surface area is 56.1 Å². The topological polar surface area (TPSA) is 29.1 Å². The van der Waals surface area contributed by atoms with E-state index in [9.17, 15) is 4.79 Å². The molecular formula is C3H7NOPo. The molecular weight excluding hydrogens is 275 g/mol. The first-order valence-electron chi connectivity index (χ1n) is 1.22. The summed E-state index contributed by atoms with van der Waals surface area (Å²) in [5, 5.41) is 2.19. The second kappa shape index (κ2) is 8.92. The van der Waals surface area contributed by atoms with Gasteiger partial charge in [0.05, 0.1) is 0 Å². The molecule has 0 radical (unpaired) electrons. The van der Waals surface area contributed by atoms with Crippen LogP contribution < -0.4 is 5.32 Å². The molecule has 0 rings (SSSR count). The fourth-order valence-electron chi connectivity index (χ4n) is 0.0481. The number of carbonyl (C=O) groups excluding carboxylic acids is 1. The van der Waals surface area contributed by atoms with E-state index < -0.39 is 0 Å². The Morgan fingerprint density at radius 2 is 2.17 bits per heavy atom. The molecule has 0 aromatic rings. The summed E-state index contributed by atoms with van der Waals surface area (Å²) in [6.07, 6.45) is 1.88. The second-order valence-corrected chi connectivity index (χ2v) is 0.489. The maximum atomic E-state index is 9.22. The number of carbonyl (C=O) groups is 1. The average molecular weight is 282 g/mol. The van der Waals surface area contributed by atoms with Crippen molar-refractivity contribution < 1.29 is 4.79 Å². The van der Waals surface area contributed by atoms with E-state index in [1.165, 1.54) is 6.20 Å². The van der Waals surface area contributed by atoms with Gasteiger partial charge in [-0.25, -0.2) is 0 Å². The number of hydrogen-bond acceptors (Lipinski definition) is 1. The van der Waals surface area contributed by atoms with E-state index in [1.807, 2.05) is 0 Å². The molecule has 6 heavy (non-hydrogen) atoms. The summed E-state index contributed by atoms with van der Waals surface area (Å²) < 4.78 is 0. The Balaban J connectivity index is 0. The summed E-state index contributed by atoms with van der Waals surface area (Å²) >= 11 is 0. The molecule has 0 saturated heterocycles. The van der Waals surface area contributed by atoms with Gasteiger partial charge in [0.1, 0.15) is 0 Å². The van der Waals surface area contributed by atoms with Crippen LogP contribution in [0.5, 0.6) is 0 Å². The van der Waals surface area contributed by atoms with E-state index in [4.69, 9.17) is 0 Å². The fraction of sp³-hybridized carbons (Fsp3) is 0. The van der Waals surface area contributed by atoms with Gasteiger partial charge in [0.25, 0.3) is 0 Å². The first kappa shape index (κ1) is 9.44. The van der Waals surface area contributed by atoms with Gasteiger partial charge in [0.2, 0.25) is 6.41 Å². The predicted octanol–water partition coefficient (Wildman–Crippen LogP) is -1.04. The van der Waals surface area contributed by atoms with E-state index >= 15 is 0 Å². The minimum atomic E-state index is 0. The molecule has 0 aliphatic carbocycles. The molecule has 0 aromatic heterocycles. The summed E-state index contributed by atoms with van der Waals surface area (Å²) in [5.74, 6) is 0. The van der Waals surface area contributed by atoms with Crippen LogP contribution in [-0.2, 0) is 4.79 Å². The predicted molar refractivity (Wildman–Crippen MR) is 27.9 cm³/mol. The van der Waals surface area contributed by atoms with Gasteiger partial charge < -0.3 is 5.32 Å². The van der Waals surface area contributed by atoms with Crippen molar-refractivity contribution in [3.63, 3.8) is 0 Å². The summed E-state index contributed by atoms with van der Waals surface area (Å²) in [7, 11) is 0. The molecule has 1 N–H and O–H groups in total. The average Bonchev–Trinajstić information content (AvgIpc) is 1.41. The van der Waals surface area contributed by atoms with E-state index in [0.717, 1.165) is 0 Å². The molecule has 0 spiro atoms. The second-order valence-electron chi connectivity index (χ2n) is 0.489. The standard InChI is InChI=1S/C3H5NO.Po.2H/c1-2-4-3-5;;;/h2-3H,1H2,(H,4,5);;;. The summed E-state index contributed by atoms with van der Waals surface area (Å²) in [6.45, 7) is 3.21. The van der Waals surface area contributed by atoms with Gasteiger partial charge in [-0.05, 0) is 6.20 Å². The van der Waals surface area contributed by atoms with Crippen molar-refractivity contribution in [2.75, 3.05) is 0 Å². The van der Waals surface area contributed by atoms with Gasteiger partial charge in [-0.15, -0.1) is 0 Å². The Morgan fingerprint density at radius 3 is 2.17 bits per heavy atom. The normalized spacial score (nSPS) is 4.67. The van der Waals surface area contributed by atoms with Crippen LogP contribution in [0.3, 0.4) is 0 Å². The first-order chi connectivity index (χ1) is 2.41. The van der Waals surface area contributed by atoms with Gasteiger partial charge in [0, 0.05) is 0 Å². The zero-order chi connectivity index (χ0) is 4.12. The van der Waals surface area contributed by atoms with E-state index in [2.05, 4.69) is 11.9 Å². The molecule has 3 heteroatoms. The van der Waals surface area contributed by atoms with Gasteiger partial charge in [-0.1, -0.05) is 6.58 Å². The van der Waals surface area contributed by atoms with Gasteiger partial charge >= 0.3 is 26.6 Å². The van der Waals surface area contributed by atoms with Crippen molar-refractivity contribution in [3.05, 3.63) is 12.8 Å². The van der Waals surface area contributed by atoms with E-state index in [0.29, 0.717) is 6.41 Å². The van der Waals surface area contributed by atoms with Crippen molar-refractivity contribution in [3.8, 4) is 0 Å². The van der Waals surface area contributed by atoms with Crippen molar-refractivity contribution in [1.82, 2.24) is 5.32 Å². The zero-order valence-electron chi connectivity index (χ0n) is 3.27.